The van der Waals surface area contributed by atoms with Crippen molar-refractivity contribution in [2.75, 3.05) is 25.6 Å². The van der Waals surface area contributed by atoms with Crippen molar-refractivity contribution >= 4 is 34.2 Å². The Morgan fingerprint density at radius 3 is 2.69 bits per heavy atom. The van der Waals surface area contributed by atoms with Gasteiger partial charge in [-0.05, 0) is 71.8 Å². The molecule has 0 saturated carbocycles. The number of ether oxygens (including phenoxy) is 2. The van der Waals surface area contributed by atoms with Crippen molar-refractivity contribution in [2.45, 2.75) is 26.8 Å². The lowest BCUT2D eigenvalue weighted by molar-refractivity contribution is -0.118. The van der Waals surface area contributed by atoms with Gasteiger partial charge in [-0.25, -0.2) is 0 Å². The fraction of sp³-hybridized carbons (Fsp3) is 0.350. The molecule has 2 rings (SSSR count). The molecule has 0 aromatic heterocycles. The number of anilines is 1. The number of carbonyl (C=O) groups is 1. The molecule has 0 spiro atoms. The van der Waals surface area contributed by atoms with Crippen LogP contribution < -0.4 is 20.1 Å². The van der Waals surface area contributed by atoms with Crippen LogP contribution in [0.15, 0.2) is 36.4 Å². The van der Waals surface area contributed by atoms with Crippen LogP contribution >= 0.6 is 22.6 Å². The highest BCUT2D eigenvalue weighted by Gasteiger charge is 2.14. The Bertz CT molecular complexity index is 750. The minimum Gasteiger partial charge on any atom is -0.493 e. The number of hydrogen-bond acceptors (Lipinski definition) is 4. The number of rotatable bonds is 9. The monoisotopic (exact) mass is 468 g/mol. The van der Waals surface area contributed by atoms with Crippen LogP contribution in [0, 0.1) is 10.5 Å². The number of amides is 1. The SMILES string of the molecule is CCCNCc1cc(I)c(OCC(=O)Nc2ccccc2C)c(OC)c1. The van der Waals surface area contributed by atoms with Crippen LogP contribution in [0.3, 0.4) is 0 Å². The zero-order valence-corrected chi connectivity index (χ0v) is 17.6. The van der Waals surface area contributed by atoms with Gasteiger partial charge < -0.3 is 20.1 Å². The second-order valence-electron chi connectivity index (χ2n) is 5.94. The van der Waals surface area contributed by atoms with E-state index in [1.165, 1.54) is 0 Å². The Kier molecular flexibility index (Phi) is 8.18. The second-order valence-corrected chi connectivity index (χ2v) is 7.10. The Morgan fingerprint density at radius 1 is 1.23 bits per heavy atom. The highest BCUT2D eigenvalue weighted by atomic mass is 127. The van der Waals surface area contributed by atoms with Crippen molar-refractivity contribution in [1.82, 2.24) is 5.32 Å². The molecular formula is C20H25IN2O3. The lowest BCUT2D eigenvalue weighted by Gasteiger charge is -2.15. The molecular weight excluding hydrogens is 443 g/mol. The largest absolute Gasteiger partial charge is 0.493 e. The van der Waals surface area contributed by atoms with Gasteiger partial charge in [-0.1, -0.05) is 25.1 Å². The number of aryl methyl sites for hydroxylation is 1. The maximum Gasteiger partial charge on any atom is 0.262 e. The van der Waals surface area contributed by atoms with Crippen LogP contribution in [0.5, 0.6) is 11.5 Å². The first-order chi connectivity index (χ1) is 12.5. The van der Waals surface area contributed by atoms with Gasteiger partial charge in [-0.3, -0.25) is 4.79 Å². The van der Waals surface area contributed by atoms with Gasteiger partial charge in [-0.2, -0.15) is 0 Å². The number of nitrogens with one attached hydrogen (secondary N) is 2. The number of benzene rings is 2. The topological polar surface area (TPSA) is 59.6 Å². The Labute approximate surface area is 168 Å². The summed E-state index contributed by atoms with van der Waals surface area (Å²) in [4.78, 5) is 12.2. The van der Waals surface area contributed by atoms with Crippen molar-refractivity contribution in [1.29, 1.82) is 0 Å². The summed E-state index contributed by atoms with van der Waals surface area (Å²) in [6, 6.07) is 11.6. The Hall–Kier alpha value is -1.80. The van der Waals surface area contributed by atoms with Gasteiger partial charge in [0.15, 0.2) is 18.1 Å². The molecule has 26 heavy (non-hydrogen) atoms. The first-order valence-corrected chi connectivity index (χ1v) is 9.68. The summed E-state index contributed by atoms with van der Waals surface area (Å²) >= 11 is 2.21. The third-order valence-corrected chi connectivity index (χ3v) is 4.61. The molecule has 0 unspecified atom stereocenters. The Morgan fingerprint density at radius 2 is 2.00 bits per heavy atom. The fourth-order valence-electron chi connectivity index (χ4n) is 2.46. The summed E-state index contributed by atoms with van der Waals surface area (Å²) in [6.07, 6.45) is 1.09. The molecule has 2 aromatic rings. The molecule has 0 aliphatic rings. The van der Waals surface area contributed by atoms with E-state index in [1.807, 2.05) is 43.3 Å². The smallest absolute Gasteiger partial charge is 0.262 e. The standard InChI is InChI=1S/C20H25IN2O3/c1-4-9-22-12-15-10-16(21)20(18(11-15)25-3)26-13-19(24)23-17-8-6-5-7-14(17)2/h5-8,10-11,22H,4,9,12-13H2,1-3H3,(H,23,24). The summed E-state index contributed by atoms with van der Waals surface area (Å²) in [5.74, 6) is 1.02. The van der Waals surface area contributed by atoms with Crippen molar-refractivity contribution in [3.8, 4) is 11.5 Å². The quantitative estimate of drug-likeness (QED) is 0.430. The maximum atomic E-state index is 12.2. The maximum absolute atomic E-state index is 12.2. The van der Waals surface area contributed by atoms with Crippen LogP contribution in [0.4, 0.5) is 5.69 Å². The molecule has 0 aliphatic carbocycles. The third-order valence-electron chi connectivity index (χ3n) is 3.81. The number of hydrogen-bond donors (Lipinski definition) is 2. The third kappa shape index (κ3) is 5.88. The molecule has 0 heterocycles. The highest BCUT2D eigenvalue weighted by molar-refractivity contribution is 14.1. The average molecular weight is 468 g/mol. The van der Waals surface area contributed by atoms with E-state index in [0.29, 0.717) is 11.5 Å². The van der Waals surface area contributed by atoms with Gasteiger partial charge >= 0.3 is 0 Å². The molecule has 2 N–H and O–H groups in total. The molecule has 0 radical (unpaired) electrons. The fourth-order valence-corrected chi connectivity index (χ4v) is 3.28. The van der Waals surface area contributed by atoms with E-state index >= 15 is 0 Å². The summed E-state index contributed by atoms with van der Waals surface area (Å²) in [6.45, 7) is 5.75. The summed E-state index contributed by atoms with van der Waals surface area (Å²) in [5.41, 5.74) is 2.92. The zero-order valence-electron chi connectivity index (χ0n) is 15.4. The molecule has 0 aliphatic heterocycles. The van der Waals surface area contributed by atoms with Gasteiger partial charge in [0.05, 0.1) is 10.7 Å². The van der Waals surface area contributed by atoms with E-state index < -0.39 is 0 Å². The van der Waals surface area contributed by atoms with E-state index in [-0.39, 0.29) is 12.5 Å². The van der Waals surface area contributed by atoms with E-state index in [9.17, 15) is 4.79 Å². The van der Waals surface area contributed by atoms with E-state index in [4.69, 9.17) is 9.47 Å². The van der Waals surface area contributed by atoms with Gasteiger partial charge in [0.1, 0.15) is 0 Å². The van der Waals surface area contributed by atoms with Crippen LogP contribution in [-0.4, -0.2) is 26.2 Å². The molecule has 0 atom stereocenters. The van der Waals surface area contributed by atoms with Crippen molar-refractivity contribution in [3.05, 3.63) is 51.1 Å². The predicted molar refractivity (Wildman–Crippen MR) is 113 cm³/mol. The van der Waals surface area contributed by atoms with Gasteiger partial charge in [-0.15, -0.1) is 0 Å². The van der Waals surface area contributed by atoms with Crippen molar-refractivity contribution in [2.24, 2.45) is 0 Å². The van der Waals surface area contributed by atoms with Crippen LogP contribution in [0.25, 0.3) is 0 Å². The summed E-state index contributed by atoms with van der Waals surface area (Å²) in [7, 11) is 1.61. The highest BCUT2D eigenvalue weighted by Crippen LogP contribution is 2.34. The number of halogens is 1. The van der Waals surface area contributed by atoms with Crippen molar-refractivity contribution in [3.63, 3.8) is 0 Å². The lowest BCUT2D eigenvalue weighted by Crippen LogP contribution is -2.21. The number of carbonyl (C=O) groups excluding carboxylic acids is 1. The van der Waals surface area contributed by atoms with Crippen LogP contribution in [0.2, 0.25) is 0 Å². The van der Waals surface area contributed by atoms with Crippen LogP contribution in [-0.2, 0) is 11.3 Å². The van der Waals surface area contributed by atoms with Crippen LogP contribution in [0.1, 0.15) is 24.5 Å². The minimum atomic E-state index is -0.203. The van der Waals surface area contributed by atoms with E-state index in [1.54, 1.807) is 7.11 Å². The zero-order chi connectivity index (χ0) is 18.9. The molecule has 6 heteroatoms. The minimum absolute atomic E-state index is 0.0753. The lowest BCUT2D eigenvalue weighted by atomic mass is 10.2. The average Bonchev–Trinajstić information content (AvgIpc) is 2.62. The molecule has 1 amide bonds. The second kappa shape index (κ2) is 10.4. The number of para-hydroxylation sites is 1. The molecule has 0 saturated heterocycles. The van der Waals surface area contributed by atoms with Gasteiger partial charge in [0.25, 0.3) is 5.91 Å². The van der Waals surface area contributed by atoms with Gasteiger partial charge in [0.2, 0.25) is 0 Å². The molecule has 5 nitrogen and oxygen atoms in total. The first kappa shape index (κ1) is 20.5. The summed E-state index contributed by atoms with van der Waals surface area (Å²) in [5, 5.41) is 6.23. The Balaban J connectivity index is 2.01. The predicted octanol–water partition coefficient (Wildman–Crippen LogP) is 4.13. The van der Waals surface area contributed by atoms with E-state index in [2.05, 4.69) is 40.1 Å². The van der Waals surface area contributed by atoms with Crippen molar-refractivity contribution < 1.29 is 14.3 Å². The normalized spacial score (nSPS) is 10.5. The first-order valence-electron chi connectivity index (χ1n) is 8.60. The van der Waals surface area contributed by atoms with E-state index in [0.717, 1.165) is 39.9 Å². The molecule has 0 bridgehead atoms. The molecule has 2 aromatic carbocycles. The van der Waals surface area contributed by atoms with Gasteiger partial charge in [0, 0.05) is 12.2 Å². The summed E-state index contributed by atoms with van der Waals surface area (Å²) < 4.78 is 12.1. The number of methoxy groups -OCH3 is 1. The molecule has 0 fully saturated rings. The molecule has 140 valence electrons.